The first kappa shape index (κ1) is 19.1. The van der Waals surface area contributed by atoms with Crippen LogP contribution in [-0.2, 0) is 0 Å². The first-order valence-electron chi connectivity index (χ1n) is 8.77. The molecule has 6 heteroatoms. The normalized spacial score (nSPS) is 11.1. The summed E-state index contributed by atoms with van der Waals surface area (Å²) < 4.78 is 5.76. The second-order valence-electron chi connectivity index (χ2n) is 6.91. The van der Waals surface area contributed by atoms with Crippen LogP contribution in [0.4, 0.5) is 5.69 Å². The Hall–Kier alpha value is -2.66. The molecule has 3 rings (SSSR count). The van der Waals surface area contributed by atoms with Gasteiger partial charge >= 0.3 is 0 Å². The summed E-state index contributed by atoms with van der Waals surface area (Å²) in [5.41, 5.74) is 5.20. The van der Waals surface area contributed by atoms with Gasteiger partial charge in [-0.2, -0.15) is 0 Å². The lowest BCUT2D eigenvalue weighted by Gasteiger charge is -2.14. The minimum atomic E-state index is -0.413. The number of nitrogens with one attached hydrogen (secondary N) is 1. The van der Waals surface area contributed by atoms with E-state index in [1.807, 2.05) is 52.8 Å². The van der Waals surface area contributed by atoms with Crippen molar-refractivity contribution in [2.24, 2.45) is 0 Å². The van der Waals surface area contributed by atoms with E-state index in [0.717, 1.165) is 16.7 Å². The molecule has 0 saturated carbocycles. The number of nitrogens with zero attached hydrogens (tertiary/aromatic N) is 2. The minimum absolute atomic E-state index is 0.135. The number of rotatable bonds is 4. The van der Waals surface area contributed by atoms with Gasteiger partial charge in [0.1, 0.15) is 0 Å². The summed E-state index contributed by atoms with van der Waals surface area (Å²) >= 11 is 6.24. The summed E-state index contributed by atoms with van der Waals surface area (Å²) in [5.74, 6) is -0.203. The summed E-state index contributed by atoms with van der Waals surface area (Å²) in [6.07, 6.45) is -0.141. The van der Waals surface area contributed by atoms with E-state index in [9.17, 15) is 4.79 Å². The first-order chi connectivity index (χ1) is 12.7. The lowest BCUT2D eigenvalue weighted by atomic mass is 10.1. The van der Waals surface area contributed by atoms with Gasteiger partial charge in [-0.15, -0.1) is 0 Å². The molecule has 0 aliphatic rings. The van der Waals surface area contributed by atoms with Crippen molar-refractivity contribution in [3.05, 3.63) is 57.7 Å². The Kier molecular flexibility index (Phi) is 5.33. The Balaban J connectivity index is 2.06. The number of hydrogen-bond acceptors (Lipinski definition) is 4. The minimum Gasteiger partial charge on any atom is -0.473 e. The largest absolute Gasteiger partial charge is 0.473 e. The third-order valence-corrected chi connectivity index (χ3v) is 4.50. The van der Waals surface area contributed by atoms with Crippen LogP contribution in [0.1, 0.15) is 41.0 Å². The molecule has 0 spiro atoms. The molecular weight excluding hydrogens is 362 g/mol. The van der Waals surface area contributed by atoms with Crippen LogP contribution in [0.5, 0.6) is 5.88 Å². The number of fused-ring (bicyclic) bond motifs is 1. The fourth-order valence-electron chi connectivity index (χ4n) is 2.65. The summed E-state index contributed by atoms with van der Waals surface area (Å²) in [7, 11) is 0. The summed E-state index contributed by atoms with van der Waals surface area (Å²) in [6.45, 7) is 9.71. The molecule has 2 aromatic carbocycles. The number of hydrogen-bond donors (Lipinski definition) is 1. The van der Waals surface area contributed by atoms with Crippen molar-refractivity contribution in [1.29, 1.82) is 0 Å². The molecule has 0 aliphatic heterocycles. The predicted molar refractivity (Wildman–Crippen MR) is 109 cm³/mol. The van der Waals surface area contributed by atoms with E-state index in [2.05, 4.69) is 15.3 Å². The number of carbonyl (C=O) groups excluding carboxylic acids is 1. The number of carbonyl (C=O) groups is 1. The van der Waals surface area contributed by atoms with Gasteiger partial charge in [-0.1, -0.05) is 17.7 Å². The van der Waals surface area contributed by atoms with Crippen LogP contribution < -0.4 is 10.1 Å². The zero-order valence-corrected chi connectivity index (χ0v) is 16.8. The zero-order chi connectivity index (χ0) is 19.7. The van der Waals surface area contributed by atoms with Crippen LogP contribution in [0, 0.1) is 20.8 Å². The van der Waals surface area contributed by atoms with Crippen LogP contribution in [-0.4, -0.2) is 22.0 Å². The molecule has 5 nitrogen and oxygen atoms in total. The number of amides is 1. The lowest BCUT2D eigenvalue weighted by Crippen LogP contribution is -2.19. The van der Waals surface area contributed by atoms with Gasteiger partial charge in [0.25, 0.3) is 5.91 Å². The number of ether oxygens (including phenoxy) is 1. The lowest BCUT2D eigenvalue weighted by molar-refractivity contribution is 0.101. The zero-order valence-electron chi connectivity index (χ0n) is 16.1. The van der Waals surface area contributed by atoms with Gasteiger partial charge < -0.3 is 10.1 Å². The molecule has 1 heterocycles. The van der Waals surface area contributed by atoms with Crippen LogP contribution in [0.15, 0.2) is 30.3 Å². The molecule has 1 aromatic heterocycles. The van der Waals surface area contributed by atoms with Crippen molar-refractivity contribution < 1.29 is 9.53 Å². The fraction of sp³-hybridized carbons (Fsp3) is 0.286. The molecule has 27 heavy (non-hydrogen) atoms. The number of benzene rings is 2. The van der Waals surface area contributed by atoms with Crippen molar-refractivity contribution in [2.75, 3.05) is 5.32 Å². The molecule has 1 N–H and O–H groups in total. The maximum absolute atomic E-state index is 12.9. The molecule has 0 saturated heterocycles. The Morgan fingerprint density at radius 1 is 1.04 bits per heavy atom. The van der Waals surface area contributed by atoms with Gasteiger partial charge in [-0.05, 0) is 75.6 Å². The van der Waals surface area contributed by atoms with Gasteiger partial charge in [0, 0.05) is 0 Å². The van der Waals surface area contributed by atoms with Crippen molar-refractivity contribution in [3.63, 3.8) is 0 Å². The highest BCUT2D eigenvalue weighted by atomic mass is 35.5. The van der Waals surface area contributed by atoms with Crippen molar-refractivity contribution >= 4 is 34.2 Å². The van der Waals surface area contributed by atoms with E-state index >= 15 is 0 Å². The van der Waals surface area contributed by atoms with Crippen LogP contribution in [0.25, 0.3) is 11.0 Å². The maximum Gasteiger partial charge on any atom is 0.279 e. The fourth-order valence-corrected chi connectivity index (χ4v) is 2.93. The van der Waals surface area contributed by atoms with Crippen LogP contribution in [0.2, 0.25) is 5.02 Å². The van der Waals surface area contributed by atoms with E-state index in [0.29, 0.717) is 21.7 Å². The maximum atomic E-state index is 12.9. The first-order valence-corrected chi connectivity index (χ1v) is 9.15. The highest BCUT2D eigenvalue weighted by Crippen LogP contribution is 2.26. The second kappa shape index (κ2) is 7.53. The molecule has 140 valence electrons. The quantitative estimate of drug-likeness (QED) is 0.668. The van der Waals surface area contributed by atoms with E-state index in [4.69, 9.17) is 16.3 Å². The Morgan fingerprint density at radius 2 is 1.67 bits per heavy atom. The number of anilines is 1. The molecule has 0 fully saturated rings. The van der Waals surface area contributed by atoms with Gasteiger partial charge in [0.15, 0.2) is 5.69 Å². The number of aromatic nitrogens is 2. The van der Waals surface area contributed by atoms with Crippen molar-refractivity contribution in [2.45, 2.75) is 40.7 Å². The number of halogens is 1. The summed E-state index contributed by atoms with van der Waals surface area (Å²) in [4.78, 5) is 22.0. The standard InChI is InChI=1S/C21H22ClN3O2/c1-11(2)27-21-19(20(26)24-16-7-6-12(3)8-15(16)22)23-17-9-13(4)14(5)10-18(17)25-21/h6-11H,1-5H3,(H,24,26). The monoisotopic (exact) mass is 383 g/mol. The van der Waals surface area contributed by atoms with Gasteiger partial charge in [0.05, 0.1) is 27.8 Å². The topological polar surface area (TPSA) is 64.1 Å². The molecule has 0 radical (unpaired) electrons. The van der Waals surface area contributed by atoms with Crippen LogP contribution >= 0.6 is 11.6 Å². The van der Waals surface area contributed by atoms with Crippen molar-refractivity contribution in [3.8, 4) is 5.88 Å². The molecule has 1 amide bonds. The Labute approximate surface area is 163 Å². The smallest absolute Gasteiger partial charge is 0.279 e. The Bertz CT molecular complexity index is 1030. The summed E-state index contributed by atoms with van der Waals surface area (Å²) in [6, 6.07) is 9.31. The highest BCUT2D eigenvalue weighted by molar-refractivity contribution is 6.34. The average Bonchev–Trinajstić information content (AvgIpc) is 2.57. The van der Waals surface area contributed by atoms with E-state index in [-0.39, 0.29) is 17.7 Å². The molecular formula is C21H22ClN3O2. The molecule has 0 unspecified atom stereocenters. The molecule has 0 aliphatic carbocycles. The highest BCUT2D eigenvalue weighted by Gasteiger charge is 2.20. The van der Waals surface area contributed by atoms with Crippen molar-refractivity contribution in [1.82, 2.24) is 9.97 Å². The van der Waals surface area contributed by atoms with E-state index in [1.54, 1.807) is 12.1 Å². The third kappa shape index (κ3) is 4.19. The summed E-state index contributed by atoms with van der Waals surface area (Å²) in [5, 5.41) is 3.27. The predicted octanol–water partition coefficient (Wildman–Crippen LogP) is 5.25. The second-order valence-corrected chi connectivity index (χ2v) is 7.31. The molecule has 3 aromatic rings. The Morgan fingerprint density at radius 3 is 2.26 bits per heavy atom. The third-order valence-electron chi connectivity index (χ3n) is 4.18. The van der Waals surface area contributed by atoms with Gasteiger partial charge in [-0.25, -0.2) is 9.97 Å². The van der Waals surface area contributed by atoms with Gasteiger partial charge in [-0.3, -0.25) is 4.79 Å². The van der Waals surface area contributed by atoms with E-state index in [1.165, 1.54) is 0 Å². The number of aryl methyl sites for hydroxylation is 3. The average molecular weight is 384 g/mol. The molecule has 0 bridgehead atoms. The molecule has 0 atom stereocenters. The van der Waals surface area contributed by atoms with E-state index < -0.39 is 5.91 Å². The SMILES string of the molecule is Cc1ccc(NC(=O)c2nc3cc(C)c(C)cc3nc2OC(C)C)c(Cl)c1. The van der Waals surface area contributed by atoms with Crippen LogP contribution in [0.3, 0.4) is 0 Å². The van der Waals surface area contributed by atoms with Gasteiger partial charge in [0.2, 0.25) is 5.88 Å².